The van der Waals surface area contributed by atoms with Gasteiger partial charge in [0.05, 0.1) is 6.04 Å². The zero-order valence-corrected chi connectivity index (χ0v) is 29.5. The Morgan fingerprint density at radius 1 is 0.978 bits per heavy atom. The second-order valence-electron chi connectivity index (χ2n) is 16.4. The van der Waals surface area contributed by atoms with Gasteiger partial charge in [-0.3, -0.25) is 19.2 Å². The summed E-state index contributed by atoms with van der Waals surface area (Å²) in [6, 6.07) is -3.90. The largest absolute Gasteiger partial charge is 0.444 e. The van der Waals surface area contributed by atoms with Gasteiger partial charge >= 0.3 is 12.1 Å². The van der Waals surface area contributed by atoms with Gasteiger partial charge in [0.1, 0.15) is 23.7 Å². The molecule has 6 amide bonds. The van der Waals surface area contributed by atoms with Crippen LogP contribution in [0.5, 0.6) is 0 Å². The Balaban J connectivity index is 1.78. The number of likely N-dealkylation sites (N-methyl/N-ethyl adjacent to an activating group) is 1. The Morgan fingerprint density at radius 2 is 1.57 bits per heavy atom. The van der Waals surface area contributed by atoms with Crippen molar-refractivity contribution >= 4 is 35.6 Å². The molecule has 5 N–H and O–H groups in total. The second-order valence-corrected chi connectivity index (χ2v) is 16.4. The summed E-state index contributed by atoms with van der Waals surface area (Å²) in [6.07, 6.45) is 1.78. The van der Waals surface area contributed by atoms with Crippen LogP contribution in [-0.2, 0) is 23.9 Å². The number of likely N-dealkylation sites (tertiary alicyclic amines) is 1. The highest BCUT2D eigenvalue weighted by Gasteiger charge is 2.70. The molecule has 0 spiro atoms. The molecule has 13 nitrogen and oxygen atoms in total. The Labute approximate surface area is 273 Å². The van der Waals surface area contributed by atoms with E-state index >= 15 is 0 Å². The molecule has 1 unspecified atom stereocenters. The highest BCUT2D eigenvalue weighted by atomic mass is 16.6. The number of hydrogen-bond donors (Lipinski definition) is 4. The van der Waals surface area contributed by atoms with E-state index < -0.39 is 70.8 Å². The van der Waals surface area contributed by atoms with E-state index in [0.717, 1.165) is 6.42 Å². The topological polar surface area (TPSA) is 180 Å². The summed E-state index contributed by atoms with van der Waals surface area (Å²) in [4.78, 5) is 81.5. The predicted octanol–water partition coefficient (Wildman–Crippen LogP) is 2.41. The molecule has 3 aliphatic rings. The number of carbonyl (C=O) groups is 6. The molecule has 0 bridgehead atoms. The van der Waals surface area contributed by atoms with Gasteiger partial charge in [0.15, 0.2) is 0 Å². The Hall–Kier alpha value is -3.38. The molecule has 0 radical (unpaired) electrons. The number of fused-ring (bicyclic) bond motifs is 1. The van der Waals surface area contributed by atoms with Crippen LogP contribution in [-0.4, -0.2) is 95.3 Å². The third-order valence-electron chi connectivity index (χ3n) is 9.89. The summed E-state index contributed by atoms with van der Waals surface area (Å²) in [6.45, 7) is 19.3. The number of rotatable bonds is 11. The number of nitrogens with two attached hydrogens (primary N) is 1. The zero-order valence-electron chi connectivity index (χ0n) is 29.5. The van der Waals surface area contributed by atoms with E-state index in [2.05, 4.69) is 29.8 Å². The number of ether oxygens (including phenoxy) is 1. The van der Waals surface area contributed by atoms with Crippen molar-refractivity contribution in [3.8, 4) is 0 Å². The van der Waals surface area contributed by atoms with Gasteiger partial charge in [-0.25, -0.2) is 9.59 Å². The molecule has 13 heteroatoms. The quantitative estimate of drug-likeness (QED) is 0.248. The summed E-state index contributed by atoms with van der Waals surface area (Å²) in [5.74, 6) is -3.10. The number of ketones is 1. The number of nitrogens with zero attached hydrogens (tertiary/aromatic N) is 2. The first-order valence-corrected chi connectivity index (χ1v) is 16.4. The van der Waals surface area contributed by atoms with Gasteiger partial charge in [0.25, 0.3) is 5.91 Å². The molecule has 3 rings (SSSR count). The number of piperidine rings is 1. The monoisotopic (exact) mass is 648 g/mol. The molecule has 1 heterocycles. The van der Waals surface area contributed by atoms with Gasteiger partial charge in [-0.05, 0) is 68.1 Å². The van der Waals surface area contributed by atoms with Crippen LogP contribution in [0.25, 0.3) is 0 Å². The van der Waals surface area contributed by atoms with E-state index in [-0.39, 0.29) is 35.6 Å². The summed E-state index contributed by atoms with van der Waals surface area (Å²) in [5, 5.41) is 8.57. The average Bonchev–Trinajstić information content (AvgIpc) is 3.19. The van der Waals surface area contributed by atoms with Crippen molar-refractivity contribution in [1.29, 1.82) is 0 Å². The molecule has 0 aromatic rings. The molecular formula is C33H56N6O7. The van der Waals surface area contributed by atoms with Gasteiger partial charge in [0, 0.05) is 20.1 Å². The number of hydrogen-bond acceptors (Lipinski definition) is 7. The molecule has 2 aliphatic carbocycles. The van der Waals surface area contributed by atoms with Crippen molar-refractivity contribution in [3.05, 3.63) is 0 Å². The van der Waals surface area contributed by atoms with Crippen LogP contribution in [0.3, 0.4) is 0 Å². The second kappa shape index (κ2) is 13.4. The lowest BCUT2D eigenvalue weighted by atomic mass is 9.78. The number of carbonyl (C=O) groups excluding carboxylic acids is 6. The first kappa shape index (κ1) is 37.1. The van der Waals surface area contributed by atoms with E-state index in [1.807, 2.05) is 34.6 Å². The minimum Gasteiger partial charge on any atom is -0.444 e. The van der Waals surface area contributed by atoms with Gasteiger partial charge in [0.2, 0.25) is 17.6 Å². The Morgan fingerprint density at radius 3 is 2.02 bits per heavy atom. The van der Waals surface area contributed by atoms with Crippen LogP contribution in [0.1, 0.15) is 88.5 Å². The number of amides is 6. The van der Waals surface area contributed by atoms with Crippen molar-refractivity contribution < 1.29 is 33.5 Å². The molecule has 6 atom stereocenters. The first-order chi connectivity index (χ1) is 21.0. The molecule has 0 aromatic carbocycles. The number of urea groups is 1. The van der Waals surface area contributed by atoms with Gasteiger partial charge in [-0.1, -0.05) is 54.9 Å². The minimum atomic E-state index is -1.10. The van der Waals surface area contributed by atoms with Crippen molar-refractivity contribution in [2.75, 3.05) is 20.1 Å². The summed E-state index contributed by atoms with van der Waals surface area (Å²) in [5.41, 5.74) is 3.73. The third kappa shape index (κ3) is 8.31. The summed E-state index contributed by atoms with van der Waals surface area (Å²) < 4.78 is 5.44. The third-order valence-corrected chi connectivity index (χ3v) is 9.89. The van der Waals surface area contributed by atoms with E-state index in [1.54, 1.807) is 27.8 Å². The van der Waals surface area contributed by atoms with Crippen LogP contribution < -0.4 is 21.7 Å². The fraction of sp³-hybridized carbons (Fsp3) is 0.818. The van der Waals surface area contributed by atoms with E-state index in [4.69, 9.17) is 10.5 Å². The lowest BCUT2D eigenvalue weighted by molar-refractivity contribution is -0.145. The van der Waals surface area contributed by atoms with Crippen LogP contribution in [0, 0.1) is 34.5 Å². The molecular weight excluding hydrogens is 592 g/mol. The molecule has 1 saturated heterocycles. The molecule has 46 heavy (non-hydrogen) atoms. The van der Waals surface area contributed by atoms with Crippen molar-refractivity contribution in [2.24, 2.45) is 40.2 Å². The normalized spacial score (nSPS) is 24.1. The highest BCUT2D eigenvalue weighted by molar-refractivity contribution is 6.38. The fourth-order valence-corrected chi connectivity index (χ4v) is 6.66. The maximum atomic E-state index is 14.3. The lowest BCUT2D eigenvalue weighted by Crippen LogP contribution is -2.62. The van der Waals surface area contributed by atoms with E-state index in [1.165, 1.54) is 9.80 Å². The van der Waals surface area contributed by atoms with E-state index in [0.29, 0.717) is 19.4 Å². The van der Waals surface area contributed by atoms with E-state index in [9.17, 15) is 28.8 Å². The molecule has 260 valence electrons. The maximum absolute atomic E-state index is 14.3. The highest BCUT2D eigenvalue weighted by Crippen LogP contribution is 2.65. The van der Waals surface area contributed by atoms with Gasteiger partial charge in [-0.15, -0.1) is 0 Å². The molecule has 1 aliphatic heterocycles. The number of nitrogens with one attached hydrogen (secondary N) is 3. The Kier molecular flexibility index (Phi) is 10.8. The van der Waals surface area contributed by atoms with Crippen molar-refractivity contribution in [2.45, 2.75) is 118 Å². The fourth-order valence-electron chi connectivity index (χ4n) is 6.66. The smallest absolute Gasteiger partial charge is 0.410 e. The average molecular weight is 649 g/mol. The first-order valence-electron chi connectivity index (χ1n) is 16.4. The van der Waals surface area contributed by atoms with Gasteiger partial charge < -0.3 is 36.2 Å². The van der Waals surface area contributed by atoms with Crippen molar-refractivity contribution in [1.82, 2.24) is 25.8 Å². The van der Waals surface area contributed by atoms with Crippen molar-refractivity contribution in [3.63, 3.8) is 0 Å². The van der Waals surface area contributed by atoms with Crippen LogP contribution >= 0.6 is 0 Å². The zero-order chi connectivity index (χ0) is 35.1. The SMILES string of the molecule is CC(C)[C@@H](CN(C)C(=O)OC(C)(C)C)NC(=O)N[C@H](C(=O)N1C[C@H]2[C@@H]([C@H]1C(=O)NC(C(=O)C(N)=O)C1CCC1)C2(C)C)C(C)(C)C. The van der Waals surface area contributed by atoms with Gasteiger partial charge in [-0.2, -0.15) is 0 Å². The number of Topliss-reactive ketones (excluding diaryl/α,β-unsaturated/α-hetero) is 1. The standard InChI is InChI=1S/C33H56N6O7/c1-17(2)20(16-38(11)30(45)46-32(6,7)8)35-29(44)37-25(31(3,4)5)28(43)39-15-19-21(33(19,9)10)23(39)27(42)36-22(18-13-12-14-18)24(40)26(34)41/h17-23,25H,12-16H2,1-11H3,(H2,34,41)(H,36,42)(H2,35,37,44)/t19-,20+,21-,22?,23-,25+/m0/s1. The molecule has 0 aromatic heterocycles. The van der Waals surface area contributed by atoms with Crippen LogP contribution in [0.15, 0.2) is 0 Å². The summed E-state index contributed by atoms with van der Waals surface area (Å²) >= 11 is 0. The molecule has 3 fully saturated rings. The van der Waals surface area contributed by atoms with Crippen LogP contribution in [0.4, 0.5) is 9.59 Å². The molecule has 2 saturated carbocycles. The number of primary amides is 1. The Bertz CT molecular complexity index is 1220. The summed E-state index contributed by atoms with van der Waals surface area (Å²) in [7, 11) is 1.60. The van der Waals surface area contributed by atoms with Crippen LogP contribution in [0.2, 0.25) is 0 Å². The maximum Gasteiger partial charge on any atom is 0.410 e. The minimum absolute atomic E-state index is 0.0489. The predicted molar refractivity (Wildman–Crippen MR) is 172 cm³/mol. The lowest BCUT2D eigenvalue weighted by Gasteiger charge is -2.39.